The average molecular weight is 136 g/mol. The lowest BCUT2D eigenvalue weighted by Gasteiger charge is -2.01. The highest BCUT2D eigenvalue weighted by atomic mass is 14.0. The van der Waals surface area contributed by atoms with Crippen LogP contribution in [-0.4, -0.2) is 0 Å². The van der Waals surface area contributed by atoms with Gasteiger partial charge in [0.05, 0.1) is 0 Å². The standard InChI is InChI=1S/C10H16/c1-2-4-6-8-10-9-7-5-3-1/h1-2H,3,5-10H2/b2-1-. The molecule has 1 rings (SSSR count). The van der Waals surface area contributed by atoms with E-state index < -0.39 is 0 Å². The van der Waals surface area contributed by atoms with Gasteiger partial charge in [-0.05, 0) is 19.3 Å². The van der Waals surface area contributed by atoms with Gasteiger partial charge in [0.1, 0.15) is 0 Å². The molecule has 1 aliphatic rings. The van der Waals surface area contributed by atoms with E-state index in [0.29, 0.717) is 0 Å². The predicted octanol–water partition coefficient (Wildman–Crippen LogP) is 3.37. The van der Waals surface area contributed by atoms with Gasteiger partial charge >= 0.3 is 0 Å². The Morgan fingerprint density at radius 2 is 1.70 bits per heavy atom. The Kier molecular flexibility index (Phi) is 4.33. The lowest BCUT2D eigenvalue weighted by atomic mass is 10.1. The first-order chi connectivity index (χ1) is 5.00. The Balaban J connectivity index is 2.13. The molecule has 0 spiro atoms. The van der Waals surface area contributed by atoms with E-state index in [9.17, 15) is 0 Å². The fourth-order valence-electron chi connectivity index (χ4n) is 1.27. The topological polar surface area (TPSA) is 0 Å². The molecule has 0 N–H and O–H groups in total. The van der Waals surface area contributed by atoms with Crippen LogP contribution in [0.5, 0.6) is 0 Å². The largest absolute Gasteiger partial charge is 0.0879 e. The lowest BCUT2D eigenvalue weighted by Crippen LogP contribution is -1.82. The van der Waals surface area contributed by atoms with Crippen molar-refractivity contribution in [3.63, 3.8) is 0 Å². The van der Waals surface area contributed by atoms with E-state index in [1.807, 2.05) is 0 Å². The minimum atomic E-state index is 1.16. The fourth-order valence-corrected chi connectivity index (χ4v) is 1.27. The molecule has 0 saturated carbocycles. The zero-order valence-electron chi connectivity index (χ0n) is 6.60. The summed E-state index contributed by atoms with van der Waals surface area (Å²) in [5, 5.41) is 0. The molecule has 0 aromatic rings. The summed E-state index contributed by atoms with van der Waals surface area (Å²) in [4.78, 5) is 0. The molecule has 0 aromatic carbocycles. The van der Waals surface area contributed by atoms with Gasteiger partial charge in [0, 0.05) is 6.42 Å². The summed E-state index contributed by atoms with van der Waals surface area (Å²) in [5.74, 6) is 0. The van der Waals surface area contributed by atoms with E-state index in [-0.39, 0.29) is 0 Å². The molecule has 0 bridgehead atoms. The smallest absolute Gasteiger partial charge is 0.00808 e. The average Bonchev–Trinajstić information content (AvgIpc) is 2.01. The van der Waals surface area contributed by atoms with Crippen molar-refractivity contribution in [1.29, 1.82) is 0 Å². The van der Waals surface area contributed by atoms with Crippen LogP contribution < -0.4 is 0 Å². The molecule has 0 aromatic heterocycles. The molecule has 0 aliphatic heterocycles. The molecule has 0 fully saturated rings. The summed E-state index contributed by atoms with van der Waals surface area (Å²) < 4.78 is 0. The minimum absolute atomic E-state index is 1.16. The second kappa shape index (κ2) is 5.52. The van der Waals surface area contributed by atoms with Gasteiger partial charge in [-0.2, -0.15) is 0 Å². The summed E-state index contributed by atoms with van der Waals surface area (Å²) in [6.07, 6.45) is 17.0. The van der Waals surface area contributed by atoms with Gasteiger partial charge in [0.15, 0.2) is 0 Å². The molecular formula is C10H16. The van der Waals surface area contributed by atoms with Crippen molar-refractivity contribution in [2.75, 3.05) is 0 Å². The molecule has 0 nitrogen and oxygen atoms in total. The van der Waals surface area contributed by atoms with E-state index >= 15 is 0 Å². The molecule has 10 heavy (non-hydrogen) atoms. The van der Waals surface area contributed by atoms with Crippen LogP contribution in [0.4, 0.5) is 0 Å². The van der Waals surface area contributed by atoms with Crippen molar-refractivity contribution >= 4 is 0 Å². The Morgan fingerprint density at radius 3 is 2.70 bits per heavy atom. The second-order valence-electron chi connectivity index (χ2n) is 2.91. The number of hydrogen-bond acceptors (Lipinski definition) is 0. The van der Waals surface area contributed by atoms with Crippen LogP contribution in [0.25, 0.3) is 0 Å². The van der Waals surface area contributed by atoms with Gasteiger partial charge in [-0.15, -0.1) is 0 Å². The Hall–Kier alpha value is -0.260. The Bertz CT molecular complexity index is 80.2. The van der Waals surface area contributed by atoms with E-state index in [0.717, 1.165) is 6.42 Å². The van der Waals surface area contributed by atoms with Gasteiger partial charge in [-0.25, -0.2) is 0 Å². The number of rotatable bonds is 0. The third-order valence-corrected chi connectivity index (χ3v) is 1.93. The van der Waals surface area contributed by atoms with Crippen molar-refractivity contribution in [1.82, 2.24) is 0 Å². The van der Waals surface area contributed by atoms with Crippen LogP contribution in [0.3, 0.4) is 0 Å². The Morgan fingerprint density at radius 1 is 0.900 bits per heavy atom. The summed E-state index contributed by atoms with van der Waals surface area (Å²) in [6.45, 7) is 0. The lowest BCUT2D eigenvalue weighted by molar-refractivity contribution is 0.613. The van der Waals surface area contributed by atoms with E-state index in [1.165, 1.54) is 38.5 Å². The molecule has 0 saturated heterocycles. The number of hydrogen-bond donors (Lipinski definition) is 0. The third-order valence-electron chi connectivity index (χ3n) is 1.93. The molecule has 2 radical (unpaired) electrons. The molecule has 0 amide bonds. The van der Waals surface area contributed by atoms with E-state index in [4.69, 9.17) is 0 Å². The maximum Gasteiger partial charge on any atom is 0.00808 e. The van der Waals surface area contributed by atoms with Crippen molar-refractivity contribution in [3.05, 3.63) is 18.6 Å². The summed E-state index contributed by atoms with van der Waals surface area (Å²) >= 11 is 0. The monoisotopic (exact) mass is 136 g/mol. The first-order valence-corrected chi connectivity index (χ1v) is 4.38. The van der Waals surface area contributed by atoms with Crippen LogP contribution in [0.1, 0.15) is 44.9 Å². The van der Waals surface area contributed by atoms with Crippen LogP contribution in [0.2, 0.25) is 0 Å². The normalized spacial score (nSPS) is 25.6. The third kappa shape index (κ3) is 3.71. The number of allylic oxidation sites excluding steroid dienone is 2. The summed E-state index contributed by atoms with van der Waals surface area (Å²) in [6, 6.07) is 0. The highest BCUT2D eigenvalue weighted by Crippen LogP contribution is 2.11. The zero-order valence-corrected chi connectivity index (χ0v) is 6.60. The molecule has 0 heterocycles. The van der Waals surface area contributed by atoms with Crippen LogP contribution in [-0.2, 0) is 0 Å². The zero-order chi connectivity index (χ0) is 7.07. The van der Waals surface area contributed by atoms with E-state index in [2.05, 4.69) is 18.6 Å². The van der Waals surface area contributed by atoms with Crippen molar-refractivity contribution in [3.8, 4) is 0 Å². The maximum atomic E-state index is 3.27. The molecular weight excluding hydrogens is 120 g/mol. The van der Waals surface area contributed by atoms with Gasteiger partial charge in [-0.1, -0.05) is 37.8 Å². The second-order valence-corrected chi connectivity index (χ2v) is 2.91. The van der Waals surface area contributed by atoms with Crippen LogP contribution in [0.15, 0.2) is 12.2 Å². The van der Waals surface area contributed by atoms with E-state index in [1.54, 1.807) is 0 Å². The highest BCUT2D eigenvalue weighted by molar-refractivity contribution is 4.94. The van der Waals surface area contributed by atoms with Gasteiger partial charge in [-0.3, -0.25) is 0 Å². The van der Waals surface area contributed by atoms with Gasteiger partial charge in [0.2, 0.25) is 0 Å². The fraction of sp³-hybridized carbons (Fsp3) is 0.700. The summed E-state index contributed by atoms with van der Waals surface area (Å²) in [7, 11) is 0. The predicted molar refractivity (Wildman–Crippen MR) is 44.7 cm³/mol. The highest BCUT2D eigenvalue weighted by Gasteiger charge is 1.92. The first kappa shape index (κ1) is 7.84. The molecule has 56 valence electrons. The molecule has 1 aliphatic carbocycles. The first-order valence-electron chi connectivity index (χ1n) is 4.38. The quantitative estimate of drug-likeness (QED) is 0.479. The minimum Gasteiger partial charge on any atom is -0.0879 e. The maximum absolute atomic E-state index is 3.27. The Labute approximate surface area is 64.3 Å². The van der Waals surface area contributed by atoms with Crippen molar-refractivity contribution in [2.45, 2.75) is 44.9 Å². The molecule has 0 unspecified atom stereocenters. The summed E-state index contributed by atoms with van der Waals surface area (Å²) in [5.41, 5.74) is 0. The van der Waals surface area contributed by atoms with Gasteiger partial charge < -0.3 is 0 Å². The van der Waals surface area contributed by atoms with Crippen LogP contribution >= 0.6 is 0 Å². The molecule has 0 atom stereocenters. The van der Waals surface area contributed by atoms with Crippen molar-refractivity contribution in [2.24, 2.45) is 0 Å². The SMILES string of the molecule is [C]1/C=C\CCCCCCC1. The van der Waals surface area contributed by atoms with Crippen LogP contribution in [0, 0.1) is 6.42 Å². The van der Waals surface area contributed by atoms with Crippen molar-refractivity contribution < 1.29 is 0 Å². The molecule has 0 heteroatoms. The van der Waals surface area contributed by atoms with Gasteiger partial charge in [0.25, 0.3) is 0 Å².